The van der Waals surface area contributed by atoms with E-state index in [-0.39, 0.29) is 16.6 Å². The van der Waals surface area contributed by atoms with E-state index in [1.165, 1.54) is 12.1 Å². The average molecular weight is 318 g/mol. The molecule has 1 amide bonds. The van der Waals surface area contributed by atoms with Gasteiger partial charge in [-0.15, -0.1) is 0 Å². The molecule has 3 aromatic rings. The molecule has 3 nitrogen and oxygen atoms in total. The topological polar surface area (TPSA) is 42.2 Å². The molecule has 1 aromatic heterocycles. The lowest BCUT2D eigenvalue weighted by atomic mass is 10.1. The van der Waals surface area contributed by atoms with E-state index in [1.807, 2.05) is 30.3 Å². The molecule has 1 atom stereocenters. The molecule has 0 radical (unpaired) electrons. The van der Waals surface area contributed by atoms with Crippen LogP contribution in [0.3, 0.4) is 0 Å². The predicted octanol–water partition coefficient (Wildman–Crippen LogP) is 4.72. The average Bonchev–Trinajstić information content (AvgIpc) is 2.91. The summed E-state index contributed by atoms with van der Waals surface area (Å²) >= 11 is 5.68. The van der Waals surface area contributed by atoms with Crippen LogP contribution in [0.4, 0.5) is 4.39 Å². The molecule has 0 fully saturated rings. The van der Waals surface area contributed by atoms with Crippen molar-refractivity contribution in [2.45, 2.75) is 13.0 Å². The third-order valence-electron chi connectivity index (χ3n) is 3.39. The van der Waals surface area contributed by atoms with Crippen molar-refractivity contribution in [3.63, 3.8) is 0 Å². The molecule has 22 heavy (non-hydrogen) atoms. The normalized spacial score (nSPS) is 12.3. The van der Waals surface area contributed by atoms with Crippen LogP contribution < -0.4 is 5.32 Å². The Morgan fingerprint density at radius 3 is 2.73 bits per heavy atom. The zero-order valence-electron chi connectivity index (χ0n) is 11.8. The number of furan rings is 1. The summed E-state index contributed by atoms with van der Waals surface area (Å²) in [5.41, 5.74) is 0.698. The summed E-state index contributed by atoms with van der Waals surface area (Å²) in [6.45, 7) is 1.78. The Bertz CT molecular complexity index is 811. The summed E-state index contributed by atoms with van der Waals surface area (Å²) in [6, 6.07) is 13.0. The maximum atomic E-state index is 13.8. The molecule has 3 rings (SSSR count). The predicted molar refractivity (Wildman–Crippen MR) is 83.5 cm³/mol. The molecule has 0 spiro atoms. The fourth-order valence-electron chi connectivity index (χ4n) is 2.23. The van der Waals surface area contributed by atoms with Crippen LogP contribution in [0.25, 0.3) is 11.0 Å². The smallest absolute Gasteiger partial charge is 0.254 e. The highest BCUT2D eigenvalue weighted by Gasteiger charge is 2.17. The highest BCUT2D eigenvalue weighted by atomic mass is 35.5. The van der Waals surface area contributed by atoms with Crippen molar-refractivity contribution in [2.24, 2.45) is 0 Å². The summed E-state index contributed by atoms with van der Waals surface area (Å²) in [4.78, 5) is 12.1. The van der Waals surface area contributed by atoms with E-state index < -0.39 is 11.7 Å². The first-order chi connectivity index (χ1) is 10.5. The van der Waals surface area contributed by atoms with E-state index in [2.05, 4.69) is 5.32 Å². The van der Waals surface area contributed by atoms with Gasteiger partial charge in [0.2, 0.25) is 0 Å². The van der Waals surface area contributed by atoms with Crippen molar-refractivity contribution in [3.05, 3.63) is 70.7 Å². The Morgan fingerprint density at radius 1 is 1.23 bits per heavy atom. The maximum Gasteiger partial charge on any atom is 0.254 e. The van der Waals surface area contributed by atoms with Crippen LogP contribution in [-0.2, 0) is 0 Å². The molecule has 0 bridgehead atoms. The van der Waals surface area contributed by atoms with E-state index in [9.17, 15) is 9.18 Å². The number of carbonyl (C=O) groups excluding carboxylic acids is 1. The van der Waals surface area contributed by atoms with E-state index in [0.29, 0.717) is 5.76 Å². The lowest BCUT2D eigenvalue weighted by molar-refractivity contribution is 0.0931. The second-order valence-corrected chi connectivity index (χ2v) is 5.44. The Morgan fingerprint density at radius 2 is 2.00 bits per heavy atom. The Balaban J connectivity index is 1.81. The van der Waals surface area contributed by atoms with Gasteiger partial charge in [0, 0.05) is 10.4 Å². The van der Waals surface area contributed by atoms with Gasteiger partial charge in [-0.25, -0.2) is 4.39 Å². The van der Waals surface area contributed by atoms with Gasteiger partial charge in [-0.2, -0.15) is 0 Å². The second kappa shape index (κ2) is 5.81. The van der Waals surface area contributed by atoms with Crippen molar-refractivity contribution < 1.29 is 13.6 Å². The number of hydrogen-bond acceptors (Lipinski definition) is 2. The summed E-state index contributed by atoms with van der Waals surface area (Å²) < 4.78 is 19.4. The molecular formula is C17H13ClFNO2. The van der Waals surface area contributed by atoms with E-state index in [1.54, 1.807) is 6.92 Å². The zero-order chi connectivity index (χ0) is 15.7. The third-order valence-corrected chi connectivity index (χ3v) is 3.63. The standard InChI is InChI=1S/C17H13ClFNO2/c1-10(16-8-11-4-2-3-5-15(11)22-16)20-17(21)13-7-6-12(18)9-14(13)19/h2-10H,1H3,(H,20,21)/t10-/m1/s1. The number of carbonyl (C=O) groups is 1. The maximum absolute atomic E-state index is 13.8. The van der Waals surface area contributed by atoms with Gasteiger partial charge in [0.1, 0.15) is 17.2 Å². The quantitative estimate of drug-likeness (QED) is 0.759. The minimum atomic E-state index is -0.651. The number of para-hydroxylation sites is 1. The third kappa shape index (κ3) is 2.83. The molecule has 0 aliphatic carbocycles. The minimum Gasteiger partial charge on any atom is -0.459 e. The number of halogens is 2. The van der Waals surface area contributed by atoms with Crippen LogP contribution in [0, 0.1) is 5.82 Å². The number of fused-ring (bicyclic) bond motifs is 1. The molecule has 0 aliphatic rings. The van der Waals surface area contributed by atoms with Crippen LogP contribution in [0.5, 0.6) is 0 Å². The number of rotatable bonds is 3. The monoisotopic (exact) mass is 317 g/mol. The van der Waals surface area contributed by atoms with Crippen LogP contribution in [0.2, 0.25) is 5.02 Å². The molecule has 2 aromatic carbocycles. The van der Waals surface area contributed by atoms with Gasteiger partial charge >= 0.3 is 0 Å². The largest absolute Gasteiger partial charge is 0.459 e. The minimum absolute atomic E-state index is 0.0487. The first-order valence-corrected chi connectivity index (χ1v) is 7.17. The Hall–Kier alpha value is -2.33. The second-order valence-electron chi connectivity index (χ2n) is 5.01. The highest BCUT2D eigenvalue weighted by Crippen LogP contribution is 2.24. The van der Waals surface area contributed by atoms with Gasteiger partial charge in [-0.05, 0) is 37.3 Å². The lowest BCUT2D eigenvalue weighted by Gasteiger charge is -2.12. The first-order valence-electron chi connectivity index (χ1n) is 6.79. The van der Waals surface area contributed by atoms with Gasteiger partial charge in [0.25, 0.3) is 5.91 Å². The summed E-state index contributed by atoms with van der Waals surface area (Å²) in [6.07, 6.45) is 0. The van der Waals surface area contributed by atoms with Gasteiger partial charge in [0.15, 0.2) is 0 Å². The fraction of sp³-hybridized carbons (Fsp3) is 0.118. The van der Waals surface area contributed by atoms with E-state index >= 15 is 0 Å². The van der Waals surface area contributed by atoms with Crippen LogP contribution in [0.15, 0.2) is 52.9 Å². The molecule has 0 saturated heterocycles. The van der Waals surface area contributed by atoms with Crippen molar-refractivity contribution in [2.75, 3.05) is 0 Å². The van der Waals surface area contributed by atoms with Gasteiger partial charge in [-0.1, -0.05) is 29.8 Å². The number of amides is 1. The molecule has 0 aliphatic heterocycles. The van der Waals surface area contributed by atoms with Crippen LogP contribution in [-0.4, -0.2) is 5.91 Å². The highest BCUT2D eigenvalue weighted by molar-refractivity contribution is 6.30. The summed E-state index contributed by atoms with van der Waals surface area (Å²) in [5.74, 6) is -0.548. The van der Waals surface area contributed by atoms with Crippen molar-refractivity contribution >= 4 is 28.5 Å². The molecule has 1 heterocycles. The number of nitrogens with one attached hydrogen (secondary N) is 1. The molecule has 112 valence electrons. The number of benzene rings is 2. The fourth-order valence-corrected chi connectivity index (χ4v) is 2.39. The lowest BCUT2D eigenvalue weighted by Crippen LogP contribution is -2.27. The van der Waals surface area contributed by atoms with Crippen molar-refractivity contribution in [1.29, 1.82) is 0 Å². The van der Waals surface area contributed by atoms with Crippen molar-refractivity contribution in [1.82, 2.24) is 5.32 Å². The van der Waals surface area contributed by atoms with Crippen LogP contribution in [0.1, 0.15) is 29.1 Å². The first kappa shape index (κ1) is 14.6. The number of hydrogen-bond donors (Lipinski definition) is 1. The van der Waals surface area contributed by atoms with Gasteiger partial charge in [-0.3, -0.25) is 4.79 Å². The van der Waals surface area contributed by atoms with E-state index in [4.69, 9.17) is 16.0 Å². The summed E-state index contributed by atoms with van der Waals surface area (Å²) in [7, 11) is 0. The van der Waals surface area contributed by atoms with Gasteiger partial charge in [0.05, 0.1) is 11.6 Å². The van der Waals surface area contributed by atoms with Gasteiger partial charge < -0.3 is 9.73 Å². The molecule has 0 saturated carbocycles. The van der Waals surface area contributed by atoms with E-state index in [0.717, 1.165) is 17.0 Å². The van der Waals surface area contributed by atoms with Crippen LogP contribution >= 0.6 is 11.6 Å². The van der Waals surface area contributed by atoms with Crippen molar-refractivity contribution in [3.8, 4) is 0 Å². The molecule has 5 heteroatoms. The zero-order valence-corrected chi connectivity index (χ0v) is 12.5. The molecule has 1 N–H and O–H groups in total. The Kier molecular flexibility index (Phi) is 3.86. The molecular weight excluding hydrogens is 305 g/mol. The Labute approximate surface area is 131 Å². The molecule has 0 unspecified atom stereocenters. The SMILES string of the molecule is C[C@@H](NC(=O)c1ccc(Cl)cc1F)c1cc2ccccc2o1. The summed E-state index contributed by atoms with van der Waals surface area (Å²) in [5, 5.41) is 3.92.